The van der Waals surface area contributed by atoms with Crippen molar-refractivity contribution in [2.45, 2.75) is 47.1 Å². The van der Waals surface area contributed by atoms with Gasteiger partial charge in [-0.2, -0.15) is 0 Å². The van der Waals surface area contributed by atoms with Gasteiger partial charge in [-0.05, 0) is 49.4 Å². The zero-order valence-corrected chi connectivity index (χ0v) is 15.7. The third-order valence-corrected chi connectivity index (χ3v) is 4.94. The summed E-state index contributed by atoms with van der Waals surface area (Å²) in [5.74, 6) is 0.0506. The van der Waals surface area contributed by atoms with Crippen LogP contribution in [0, 0.1) is 19.8 Å². The number of sulfonamides is 1. The summed E-state index contributed by atoms with van der Waals surface area (Å²) in [5, 5.41) is 2.84. The molecule has 0 fully saturated rings. The topological polar surface area (TPSA) is 66.5 Å². The van der Waals surface area contributed by atoms with E-state index in [1.54, 1.807) is 6.07 Å². The van der Waals surface area contributed by atoms with Gasteiger partial charge in [0.05, 0.1) is 11.9 Å². The van der Waals surface area contributed by atoms with Crippen LogP contribution in [0.15, 0.2) is 18.2 Å². The summed E-state index contributed by atoms with van der Waals surface area (Å²) in [6.45, 7) is 10.2. The maximum atomic E-state index is 12.5. The van der Waals surface area contributed by atoms with E-state index < -0.39 is 16.1 Å². The molecule has 0 aliphatic rings. The molecule has 1 aromatic rings. The minimum absolute atomic E-state index is 0.259. The van der Waals surface area contributed by atoms with E-state index in [9.17, 15) is 13.2 Å². The maximum absolute atomic E-state index is 12.5. The van der Waals surface area contributed by atoms with E-state index >= 15 is 0 Å². The van der Waals surface area contributed by atoms with E-state index in [1.165, 1.54) is 4.31 Å². The molecule has 1 N–H and O–H groups in total. The number of nitrogens with one attached hydrogen (secondary N) is 1. The molecule has 130 valence electrons. The minimum Gasteiger partial charge on any atom is -0.354 e. The number of anilines is 1. The van der Waals surface area contributed by atoms with Crippen molar-refractivity contribution in [2.75, 3.05) is 17.1 Å². The smallest absolute Gasteiger partial charge is 0.243 e. The lowest BCUT2D eigenvalue weighted by Gasteiger charge is -2.30. The van der Waals surface area contributed by atoms with Gasteiger partial charge >= 0.3 is 0 Å². The molecular formula is C17H28N2O3S. The molecule has 0 unspecified atom stereocenters. The number of hydrogen-bond acceptors (Lipinski definition) is 3. The molecule has 1 atom stereocenters. The Bertz CT molecular complexity index is 654. The van der Waals surface area contributed by atoms with Crippen molar-refractivity contribution < 1.29 is 13.2 Å². The Labute approximate surface area is 140 Å². The number of carbonyl (C=O) groups excluding carboxylic acids is 1. The number of carbonyl (C=O) groups is 1. The van der Waals surface area contributed by atoms with Crippen molar-refractivity contribution in [2.24, 2.45) is 5.92 Å². The van der Waals surface area contributed by atoms with Crippen LogP contribution in [0.4, 0.5) is 5.69 Å². The van der Waals surface area contributed by atoms with Crippen LogP contribution in [-0.2, 0) is 14.8 Å². The van der Waals surface area contributed by atoms with Crippen LogP contribution in [0.3, 0.4) is 0 Å². The van der Waals surface area contributed by atoms with Crippen LogP contribution in [0.1, 0.15) is 38.3 Å². The Balaban J connectivity index is 3.23. The van der Waals surface area contributed by atoms with E-state index in [1.807, 2.05) is 46.8 Å². The van der Waals surface area contributed by atoms with E-state index in [-0.39, 0.29) is 5.91 Å². The molecule has 1 amide bonds. The average molecular weight is 340 g/mol. The largest absolute Gasteiger partial charge is 0.354 e. The van der Waals surface area contributed by atoms with Gasteiger partial charge in [0.1, 0.15) is 6.04 Å². The third-order valence-electron chi connectivity index (χ3n) is 3.76. The summed E-state index contributed by atoms with van der Waals surface area (Å²) in [6, 6.07) is 4.70. The van der Waals surface area contributed by atoms with Gasteiger partial charge < -0.3 is 5.32 Å². The summed E-state index contributed by atoms with van der Waals surface area (Å²) in [4.78, 5) is 12.5. The highest BCUT2D eigenvalue weighted by molar-refractivity contribution is 7.92. The van der Waals surface area contributed by atoms with Crippen molar-refractivity contribution in [3.63, 3.8) is 0 Å². The van der Waals surface area contributed by atoms with Crippen LogP contribution >= 0.6 is 0 Å². The normalized spacial score (nSPS) is 13.0. The van der Waals surface area contributed by atoms with Crippen molar-refractivity contribution in [3.8, 4) is 0 Å². The second-order valence-corrected chi connectivity index (χ2v) is 8.25. The molecule has 0 aliphatic heterocycles. The van der Waals surface area contributed by atoms with Crippen molar-refractivity contribution in [1.29, 1.82) is 0 Å². The molecule has 6 heteroatoms. The van der Waals surface area contributed by atoms with E-state index in [4.69, 9.17) is 0 Å². The number of amides is 1. The Morgan fingerprint density at radius 2 is 1.83 bits per heavy atom. The highest BCUT2D eigenvalue weighted by Gasteiger charge is 2.31. The van der Waals surface area contributed by atoms with Crippen LogP contribution < -0.4 is 9.62 Å². The number of nitrogens with zero attached hydrogens (tertiary/aromatic N) is 1. The molecule has 0 aromatic heterocycles. The first-order valence-corrected chi connectivity index (χ1v) is 9.77. The van der Waals surface area contributed by atoms with Gasteiger partial charge in [-0.3, -0.25) is 9.10 Å². The molecular weight excluding hydrogens is 312 g/mol. The quantitative estimate of drug-likeness (QED) is 0.830. The van der Waals surface area contributed by atoms with Crippen molar-refractivity contribution in [3.05, 3.63) is 29.3 Å². The standard InChI is InChI=1S/C17H28N2O3S/c1-7-16(17(20)18-11-12(2)3)19(23(6,21)22)15-9-8-13(4)14(5)10-15/h8-10,12,16H,7,11H2,1-6H3,(H,18,20)/t16-/m1/s1. The Kier molecular flexibility index (Phi) is 6.62. The van der Waals surface area contributed by atoms with Gasteiger partial charge in [-0.1, -0.05) is 26.8 Å². The number of hydrogen-bond donors (Lipinski definition) is 1. The SMILES string of the molecule is CC[C@H](C(=O)NCC(C)C)N(c1ccc(C)c(C)c1)S(C)(=O)=O. The molecule has 0 aliphatic carbocycles. The summed E-state index contributed by atoms with van der Waals surface area (Å²) in [6.07, 6.45) is 1.55. The second kappa shape index (κ2) is 7.81. The molecule has 5 nitrogen and oxygen atoms in total. The van der Waals surface area contributed by atoms with Crippen LogP contribution in [-0.4, -0.2) is 33.2 Å². The number of aryl methyl sites for hydroxylation is 2. The molecule has 0 bridgehead atoms. The van der Waals surface area contributed by atoms with Crippen LogP contribution in [0.2, 0.25) is 0 Å². The zero-order valence-electron chi connectivity index (χ0n) is 14.9. The summed E-state index contributed by atoms with van der Waals surface area (Å²) in [7, 11) is -3.57. The van der Waals surface area contributed by atoms with E-state index in [2.05, 4.69) is 5.32 Å². The molecule has 0 saturated carbocycles. The van der Waals surface area contributed by atoms with Gasteiger partial charge in [-0.15, -0.1) is 0 Å². The fraction of sp³-hybridized carbons (Fsp3) is 0.588. The van der Waals surface area contributed by atoms with E-state index in [0.29, 0.717) is 24.6 Å². The molecule has 1 aromatic carbocycles. The third kappa shape index (κ3) is 5.23. The van der Waals surface area contributed by atoms with Gasteiger partial charge in [-0.25, -0.2) is 8.42 Å². The molecule has 1 rings (SSSR count). The molecule has 0 radical (unpaired) electrons. The van der Waals surface area contributed by atoms with Gasteiger partial charge in [0.2, 0.25) is 15.9 Å². The van der Waals surface area contributed by atoms with Gasteiger partial charge in [0.15, 0.2) is 0 Å². The summed E-state index contributed by atoms with van der Waals surface area (Å²) >= 11 is 0. The lowest BCUT2D eigenvalue weighted by molar-refractivity contribution is -0.122. The summed E-state index contributed by atoms with van der Waals surface area (Å²) < 4.78 is 25.9. The molecule has 0 spiro atoms. The van der Waals surface area contributed by atoms with Gasteiger partial charge in [0, 0.05) is 6.54 Å². The highest BCUT2D eigenvalue weighted by atomic mass is 32.2. The highest BCUT2D eigenvalue weighted by Crippen LogP contribution is 2.25. The number of benzene rings is 1. The fourth-order valence-corrected chi connectivity index (χ4v) is 3.55. The predicted molar refractivity (Wildman–Crippen MR) is 95.2 cm³/mol. The van der Waals surface area contributed by atoms with Crippen LogP contribution in [0.5, 0.6) is 0 Å². The van der Waals surface area contributed by atoms with Crippen LogP contribution in [0.25, 0.3) is 0 Å². The second-order valence-electron chi connectivity index (χ2n) is 6.39. The lowest BCUT2D eigenvalue weighted by Crippen LogP contribution is -2.49. The monoisotopic (exact) mass is 340 g/mol. The molecule has 23 heavy (non-hydrogen) atoms. The van der Waals surface area contributed by atoms with E-state index in [0.717, 1.165) is 17.4 Å². The van der Waals surface area contributed by atoms with Crippen molar-refractivity contribution >= 4 is 21.6 Å². The summed E-state index contributed by atoms with van der Waals surface area (Å²) in [5.41, 5.74) is 2.61. The van der Waals surface area contributed by atoms with Gasteiger partial charge in [0.25, 0.3) is 0 Å². The first kappa shape index (κ1) is 19.5. The molecule has 0 heterocycles. The minimum atomic E-state index is -3.57. The molecule has 0 saturated heterocycles. The Hall–Kier alpha value is -1.56. The fourth-order valence-electron chi connectivity index (χ4n) is 2.35. The lowest BCUT2D eigenvalue weighted by atomic mass is 10.1. The predicted octanol–water partition coefficient (Wildman–Crippen LogP) is 2.62. The maximum Gasteiger partial charge on any atom is 0.243 e. The van der Waals surface area contributed by atoms with Crippen molar-refractivity contribution in [1.82, 2.24) is 5.32 Å². The first-order chi connectivity index (χ1) is 10.6. The number of rotatable bonds is 7. The average Bonchev–Trinajstić information content (AvgIpc) is 2.44. The first-order valence-electron chi connectivity index (χ1n) is 7.92. The Morgan fingerprint density at radius 3 is 2.26 bits per heavy atom. The zero-order chi connectivity index (χ0) is 17.8. The Morgan fingerprint density at radius 1 is 1.22 bits per heavy atom.